The highest BCUT2D eigenvalue weighted by Gasteiger charge is 2.29. The van der Waals surface area contributed by atoms with Gasteiger partial charge in [-0.2, -0.15) is 5.10 Å². The minimum absolute atomic E-state index is 0.0318. The van der Waals surface area contributed by atoms with E-state index in [0.717, 1.165) is 31.7 Å². The van der Waals surface area contributed by atoms with Crippen molar-refractivity contribution in [2.45, 2.75) is 32.6 Å². The maximum atomic E-state index is 12.6. The quantitative estimate of drug-likeness (QED) is 0.909. The second-order valence-corrected chi connectivity index (χ2v) is 6.75. The topological polar surface area (TPSA) is 50.2 Å². The number of likely N-dealkylation sites (tertiary alicyclic amines) is 1. The van der Waals surface area contributed by atoms with Crippen LogP contribution in [-0.4, -0.2) is 47.3 Å². The molecule has 1 unspecified atom stereocenters. The zero-order valence-electron chi connectivity index (χ0n) is 13.2. The molecule has 1 atom stereocenters. The molecule has 0 aromatic carbocycles. The molecular weight excluding hydrogens is 252 g/mol. The number of amides is 1. The van der Waals surface area contributed by atoms with E-state index in [4.69, 9.17) is 0 Å². The molecule has 2 heterocycles. The predicted octanol–water partition coefficient (Wildman–Crippen LogP) is 1.40. The summed E-state index contributed by atoms with van der Waals surface area (Å²) in [5, 5.41) is 7.68. The fraction of sp³-hybridized carbons (Fsp3) is 0.733. The van der Waals surface area contributed by atoms with Crippen LogP contribution in [0.3, 0.4) is 0 Å². The molecule has 1 aliphatic heterocycles. The van der Waals surface area contributed by atoms with Crippen LogP contribution in [0.5, 0.6) is 0 Å². The summed E-state index contributed by atoms with van der Waals surface area (Å²) in [5.41, 5.74) is 1.63. The van der Waals surface area contributed by atoms with Crippen molar-refractivity contribution in [2.24, 2.45) is 13.0 Å². The van der Waals surface area contributed by atoms with Gasteiger partial charge in [0.25, 0.3) is 5.91 Å². The second kappa shape index (κ2) is 5.56. The molecule has 1 aliphatic rings. The molecular formula is C15H26N4O. The average molecular weight is 278 g/mol. The van der Waals surface area contributed by atoms with Gasteiger partial charge in [-0.25, -0.2) is 0 Å². The van der Waals surface area contributed by atoms with Crippen LogP contribution in [0.25, 0.3) is 0 Å². The number of aromatic nitrogens is 2. The third kappa shape index (κ3) is 3.03. The lowest BCUT2D eigenvalue weighted by Crippen LogP contribution is -2.31. The van der Waals surface area contributed by atoms with Gasteiger partial charge >= 0.3 is 0 Å². The Labute approximate surface area is 121 Å². The smallest absolute Gasteiger partial charge is 0.272 e. The first kappa shape index (κ1) is 15.0. The lowest BCUT2D eigenvalue weighted by Gasteiger charge is -2.16. The summed E-state index contributed by atoms with van der Waals surface area (Å²) in [7, 11) is 3.81. The van der Waals surface area contributed by atoms with Crippen molar-refractivity contribution < 1.29 is 4.79 Å². The fourth-order valence-corrected chi connectivity index (χ4v) is 2.67. The first-order valence-electron chi connectivity index (χ1n) is 7.31. The Morgan fingerprint density at radius 1 is 1.50 bits per heavy atom. The van der Waals surface area contributed by atoms with Crippen molar-refractivity contribution in [2.75, 3.05) is 26.7 Å². The van der Waals surface area contributed by atoms with Crippen LogP contribution in [0.2, 0.25) is 0 Å². The SMILES string of the molecule is CNCC1CCN(C(=O)c2cc(C(C)(C)C)nn2C)C1. The highest BCUT2D eigenvalue weighted by atomic mass is 16.2. The van der Waals surface area contributed by atoms with E-state index in [0.29, 0.717) is 11.6 Å². The van der Waals surface area contributed by atoms with Gasteiger partial charge in [0.1, 0.15) is 5.69 Å². The average Bonchev–Trinajstić information content (AvgIpc) is 2.95. The van der Waals surface area contributed by atoms with E-state index >= 15 is 0 Å². The van der Waals surface area contributed by atoms with Crippen LogP contribution in [0, 0.1) is 5.92 Å². The molecule has 0 spiro atoms. The van der Waals surface area contributed by atoms with Gasteiger partial charge in [0.15, 0.2) is 0 Å². The van der Waals surface area contributed by atoms with Gasteiger partial charge in [-0.1, -0.05) is 20.8 Å². The third-order valence-corrected chi connectivity index (χ3v) is 3.93. The van der Waals surface area contributed by atoms with Crippen molar-refractivity contribution >= 4 is 5.91 Å². The normalized spacial score (nSPS) is 19.6. The first-order chi connectivity index (χ1) is 9.32. The van der Waals surface area contributed by atoms with Gasteiger partial charge in [0.05, 0.1) is 5.69 Å². The molecule has 20 heavy (non-hydrogen) atoms. The lowest BCUT2D eigenvalue weighted by atomic mass is 9.92. The standard InChI is InChI=1S/C15H26N4O/c1-15(2,3)13-8-12(18(5)17-13)14(20)19-7-6-11(10-19)9-16-4/h8,11,16H,6-7,9-10H2,1-5H3. The predicted molar refractivity (Wildman–Crippen MR) is 79.8 cm³/mol. The number of nitrogens with zero attached hydrogens (tertiary/aromatic N) is 3. The molecule has 0 aliphatic carbocycles. The van der Waals surface area contributed by atoms with Crippen LogP contribution >= 0.6 is 0 Å². The Hall–Kier alpha value is -1.36. The summed E-state index contributed by atoms with van der Waals surface area (Å²) >= 11 is 0. The van der Waals surface area contributed by atoms with E-state index in [1.54, 1.807) is 4.68 Å². The molecule has 0 radical (unpaired) electrons. The summed E-state index contributed by atoms with van der Waals surface area (Å²) in [6, 6.07) is 1.94. The number of rotatable bonds is 3. The van der Waals surface area contributed by atoms with Crippen molar-refractivity contribution in [1.82, 2.24) is 20.0 Å². The lowest BCUT2D eigenvalue weighted by molar-refractivity contribution is 0.0776. The molecule has 5 heteroatoms. The molecule has 112 valence electrons. The number of aryl methyl sites for hydroxylation is 1. The van der Waals surface area contributed by atoms with Crippen LogP contribution in [-0.2, 0) is 12.5 Å². The Balaban J connectivity index is 2.12. The molecule has 0 bridgehead atoms. The van der Waals surface area contributed by atoms with E-state index in [-0.39, 0.29) is 11.3 Å². The third-order valence-electron chi connectivity index (χ3n) is 3.93. The summed E-state index contributed by atoms with van der Waals surface area (Å²) in [4.78, 5) is 14.6. The molecule has 1 N–H and O–H groups in total. The Morgan fingerprint density at radius 3 is 2.75 bits per heavy atom. The largest absolute Gasteiger partial charge is 0.337 e. The Morgan fingerprint density at radius 2 is 2.20 bits per heavy atom. The van der Waals surface area contributed by atoms with Gasteiger partial charge in [-0.05, 0) is 32.0 Å². The van der Waals surface area contributed by atoms with Crippen molar-refractivity contribution in [3.8, 4) is 0 Å². The highest BCUT2D eigenvalue weighted by Crippen LogP contribution is 2.23. The number of carbonyl (C=O) groups is 1. The van der Waals surface area contributed by atoms with Crippen molar-refractivity contribution in [3.63, 3.8) is 0 Å². The number of hydrogen-bond donors (Lipinski definition) is 1. The highest BCUT2D eigenvalue weighted by molar-refractivity contribution is 5.93. The van der Waals surface area contributed by atoms with Crippen LogP contribution in [0.15, 0.2) is 6.07 Å². The summed E-state index contributed by atoms with van der Waals surface area (Å²) < 4.78 is 1.72. The zero-order valence-corrected chi connectivity index (χ0v) is 13.2. The number of carbonyl (C=O) groups excluding carboxylic acids is 1. The van der Waals surface area contributed by atoms with E-state index in [9.17, 15) is 4.79 Å². The maximum Gasteiger partial charge on any atom is 0.272 e. The van der Waals surface area contributed by atoms with E-state index < -0.39 is 0 Å². The van der Waals surface area contributed by atoms with E-state index in [1.807, 2.05) is 25.1 Å². The minimum Gasteiger partial charge on any atom is -0.337 e. The zero-order chi connectivity index (χ0) is 14.9. The summed E-state index contributed by atoms with van der Waals surface area (Å²) in [6.07, 6.45) is 1.08. The molecule has 1 aromatic rings. The minimum atomic E-state index is -0.0318. The first-order valence-corrected chi connectivity index (χ1v) is 7.31. The molecule has 2 rings (SSSR count). The number of nitrogens with one attached hydrogen (secondary N) is 1. The van der Waals surface area contributed by atoms with Gasteiger partial charge in [-0.15, -0.1) is 0 Å². The molecule has 5 nitrogen and oxygen atoms in total. The van der Waals surface area contributed by atoms with Crippen LogP contribution in [0.4, 0.5) is 0 Å². The molecule has 1 amide bonds. The van der Waals surface area contributed by atoms with Gasteiger partial charge < -0.3 is 10.2 Å². The molecule has 1 fully saturated rings. The van der Waals surface area contributed by atoms with E-state index in [2.05, 4.69) is 31.2 Å². The summed E-state index contributed by atoms with van der Waals surface area (Å²) in [6.45, 7) is 9.01. The molecule has 0 saturated carbocycles. The second-order valence-electron chi connectivity index (χ2n) is 6.75. The van der Waals surface area contributed by atoms with Crippen LogP contribution in [0.1, 0.15) is 43.4 Å². The van der Waals surface area contributed by atoms with Gasteiger partial charge in [0, 0.05) is 25.6 Å². The Kier molecular flexibility index (Phi) is 4.18. The fourth-order valence-electron chi connectivity index (χ4n) is 2.67. The van der Waals surface area contributed by atoms with Crippen LogP contribution < -0.4 is 5.32 Å². The molecule has 1 aromatic heterocycles. The maximum absolute atomic E-state index is 12.6. The van der Waals surface area contributed by atoms with E-state index in [1.165, 1.54) is 0 Å². The van der Waals surface area contributed by atoms with Crippen molar-refractivity contribution in [1.29, 1.82) is 0 Å². The summed E-state index contributed by atoms with van der Waals surface area (Å²) in [5.74, 6) is 0.674. The Bertz CT molecular complexity index is 487. The van der Waals surface area contributed by atoms with Crippen molar-refractivity contribution in [3.05, 3.63) is 17.5 Å². The van der Waals surface area contributed by atoms with Gasteiger partial charge in [-0.3, -0.25) is 9.48 Å². The molecule has 1 saturated heterocycles. The number of hydrogen-bond acceptors (Lipinski definition) is 3. The monoisotopic (exact) mass is 278 g/mol. The van der Waals surface area contributed by atoms with Gasteiger partial charge in [0.2, 0.25) is 0 Å².